The van der Waals surface area contributed by atoms with Crippen molar-refractivity contribution < 1.29 is 13.2 Å². The minimum atomic E-state index is -3.48. The smallest absolute Gasteiger partial charge is 0.319 e. The zero-order valence-electron chi connectivity index (χ0n) is 18.9. The van der Waals surface area contributed by atoms with Gasteiger partial charge in [-0.05, 0) is 43.7 Å². The van der Waals surface area contributed by atoms with Crippen molar-refractivity contribution in [1.29, 1.82) is 0 Å². The summed E-state index contributed by atoms with van der Waals surface area (Å²) in [6.07, 6.45) is 0. The Kier molecular flexibility index (Phi) is 6.92. The summed E-state index contributed by atoms with van der Waals surface area (Å²) in [7, 11) is -3.48. The van der Waals surface area contributed by atoms with Crippen molar-refractivity contribution >= 4 is 32.6 Å². The van der Waals surface area contributed by atoms with Crippen molar-refractivity contribution in [2.75, 3.05) is 44.6 Å². The lowest BCUT2D eigenvalue weighted by Gasteiger charge is -2.34. The molecule has 2 amide bonds. The van der Waals surface area contributed by atoms with Gasteiger partial charge in [0, 0.05) is 50.3 Å². The molecule has 0 radical (unpaired) electrons. The summed E-state index contributed by atoms with van der Waals surface area (Å²) in [6, 6.07) is 16.3. The van der Waals surface area contributed by atoms with Gasteiger partial charge >= 0.3 is 6.03 Å². The van der Waals surface area contributed by atoms with Crippen LogP contribution in [0.25, 0.3) is 10.9 Å². The molecule has 9 heteroatoms. The largest absolute Gasteiger partial charge is 0.337 e. The number of carbonyl (C=O) groups excluding carboxylic acids is 1. The van der Waals surface area contributed by atoms with E-state index in [1.807, 2.05) is 50.2 Å². The number of sulfonamides is 1. The summed E-state index contributed by atoms with van der Waals surface area (Å²) in [6.45, 7) is 7.04. The molecule has 0 atom stereocenters. The fraction of sp³-hybridized carbons (Fsp3) is 0.333. The zero-order chi connectivity index (χ0) is 23.4. The molecule has 0 aliphatic carbocycles. The van der Waals surface area contributed by atoms with Crippen LogP contribution in [0, 0.1) is 13.8 Å². The van der Waals surface area contributed by atoms with Gasteiger partial charge in [-0.2, -0.15) is 4.31 Å². The predicted octanol–water partition coefficient (Wildman–Crippen LogP) is 2.98. The average Bonchev–Trinajstić information content (AvgIpc) is 2.79. The Morgan fingerprint density at radius 1 is 1.00 bits per heavy atom. The minimum absolute atomic E-state index is 0.272. The van der Waals surface area contributed by atoms with E-state index in [2.05, 4.69) is 20.5 Å². The quantitative estimate of drug-likeness (QED) is 0.581. The third kappa shape index (κ3) is 5.50. The fourth-order valence-electron chi connectivity index (χ4n) is 4.02. The van der Waals surface area contributed by atoms with Crippen LogP contribution in [0.3, 0.4) is 0 Å². The second-order valence-electron chi connectivity index (χ2n) is 8.27. The molecule has 2 N–H and O–H groups in total. The Bertz CT molecular complexity index is 1250. The van der Waals surface area contributed by atoms with Crippen LogP contribution in [0.4, 0.5) is 10.5 Å². The van der Waals surface area contributed by atoms with Gasteiger partial charge in [-0.15, -0.1) is 0 Å². The number of nitrogens with one attached hydrogen (secondary N) is 2. The summed E-state index contributed by atoms with van der Waals surface area (Å²) in [4.78, 5) is 19.4. The first kappa shape index (κ1) is 23.2. The number of pyridine rings is 1. The monoisotopic (exact) mass is 467 g/mol. The van der Waals surface area contributed by atoms with E-state index in [-0.39, 0.29) is 6.03 Å². The highest BCUT2D eigenvalue weighted by Crippen LogP contribution is 2.23. The van der Waals surface area contributed by atoms with E-state index in [0.29, 0.717) is 44.2 Å². The lowest BCUT2D eigenvalue weighted by atomic mass is 10.1. The first-order valence-electron chi connectivity index (χ1n) is 11.0. The molecule has 0 spiro atoms. The molecular formula is C24H29N5O3S. The van der Waals surface area contributed by atoms with E-state index in [1.54, 1.807) is 18.2 Å². The number of benzene rings is 2. The first-order valence-corrected chi connectivity index (χ1v) is 12.5. The average molecular weight is 468 g/mol. The summed E-state index contributed by atoms with van der Waals surface area (Å²) >= 11 is 0. The molecule has 33 heavy (non-hydrogen) atoms. The van der Waals surface area contributed by atoms with Crippen LogP contribution in [-0.2, 0) is 10.0 Å². The van der Waals surface area contributed by atoms with Crippen molar-refractivity contribution in [2.45, 2.75) is 18.7 Å². The maximum absolute atomic E-state index is 12.9. The van der Waals surface area contributed by atoms with Crippen molar-refractivity contribution in [3.63, 3.8) is 0 Å². The SMILES string of the molecule is Cc1cccc(S(=O)(=O)N2CCN(CCNC(=O)Nc3cc(C)nc4ccccc34)CC2)c1. The normalized spacial score (nSPS) is 15.5. The Hall–Kier alpha value is -3.01. The van der Waals surface area contributed by atoms with E-state index in [0.717, 1.165) is 27.8 Å². The standard InChI is InChI=1S/C24H29N5O3S/c1-18-6-5-7-20(16-18)33(31,32)29-14-12-28(13-15-29)11-10-25-24(30)27-23-17-19(2)26-22-9-4-3-8-21(22)23/h3-9,16-17H,10-15H2,1-2H3,(H2,25,26,27,30). The second kappa shape index (κ2) is 9.86. The van der Waals surface area contributed by atoms with Crippen LogP contribution in [0.5, 0.6) is 0 Å². The number of aromatic nitrogens is 1. The third-order valence-electron chi connectivity index (χ3n) is 5.76. The van der Waals surface area contributed by atoms with Crippen molar-refractivity contribution in [2.24, 2.45) is 0 Å². The van der Waals surface area contributed by atoms with Crippen LogP contribution in [-0.4, -0.2) is 67.9 Å². The Morgan fingerprint density at radius 3 is 2.52 bits per heavy atom. The van der Waals surface area contributed by atoms with Crippen molar-refractivity contribution in [3.8, 4) is 0 Å². The molecule has 0 saturated carbocycles. The van der Waals surface area contributed by atoms with E-state index >= 15 is 0 Å². The molecule has 1 fully saturated rings. The number of para-hydroxylation sites is 1. The molecule has 0 bridgehead atoms. The molecule has 2 aromatic carbocycles. The van der Waals surface area contributed by atoms with Gasteiger partial charge in [0.1, 0.15) is 0 Å². The van der Waals surface area contributed by atoms with E-state index in [1.165, 1.54) is 4.31 Å². The fourth-order valence-corrected chi connectivity index (χ4v) is 5.55. The molecule has 2 heterocycles. The summed E-state index contributed by atoms with van der Waals surface area (Å²) < 4.78 is 27.3. The minimum Gasteiger partial charge on any atom is -0.337 e. The number of urea groups is 1. The number of anilines is 1. The molecule has 1 aromatic heterocycles. The number of fused-ring (bicyclic) bond motifs is 1. The topological polar surface area (TPSA) is 94.6 Å². The lowest BCUT2D eigenvalue weighted by Crippen LogP contribution is -2.50. The van der Waals surface area contributed by atoms with Gasteiger partial charge in [0.25, 0.3) is 0 Å². The summed E-state index contributed by atoms with van der Waals surface area (Å²) in [5.41, 5.74) is 3.33. The van der Waals surface area contributed by atoms with Gasteiger partial charge in [0.05, 0.1) is 16.1 Å². The molecule has 1 aliphatic rings. The Balaban J connectivity index is 1.26. The van der Waals surface area contributed by atoms with Gasteiger partial charge in [0.2, 0.25) is 10.0 Å². The Morgan fingerprint density at radius 2 is 1.76 bits per heavy atom. The number of rotatable bonds is 6. The number of aryl methyl sites for hydroxylation is 2. The maximum Gasteiger partial charge on any atom is 0.319 e. The highest BCUT2D eigenvalue weighted by molar-refractivity contribution is 7.89. The van der Waals surface area contributed by atoms with Gasteiger partial charge in [-0.3, -0.25) is 9.88 Å². The van der Waals surface area contributed by atoms with Gasteiger partial charge in [-0.25, -0.2) is 13.2 Å². The number of nitrogens with zero attached hydrogens (tertiary/aromatic N) is 3. The summed E-state index contributed by atoms with van der Waals surface area (Å²) in [5.74, 6) is 0. The van der Waals surface area contributed by atoms with Crippen LogP contribution in [0.2, 0.25) is 0 Å². The third-order valence-corrected chi connectivity index (χ3v) is 7.66. The number of hydrogen-bond acceptors (Lipinski definition) is 5. The van der Waals surface area contributed by atoms with Crippen LogP contribution >= 0.6 is 0 Å². The highest BCUT2D eigenvalue weighted by Gasteiger charge is 2.28. The van der Waals surface area contributed by atoms with Gasteiger partial charge in [0.15, 0.2) is 0 Å². The van der Waals surface area contributed by atoms with Crippen molar-refractivity contribution in [1.82, 2.24) is 19.5 Å². The van der Waals surface area contributed by atoms with E-state index < -0.39 is 10.0 Å². The number of piperazine rings is 1. The molecule has 174 valence electrons. The second-order valence-corrected chi connectivity index (χ2v) is 10.2. The molecule has 1 saturated heterocycles. The summed E-state index contributed by atoms with van der Waals surface area (Å²) in [5, 5.41) is 6.70. The lowest BCUT2D eigenvalue weighted by molar-refractivity contribution is 0.189. The predicted molar refractivity (Wildman–Crippen MR) is 130 cm³/mol. The molecular weight excluding hydrogens is 438 g/mol. The van der Waals surface area contributed by atoms with Gasteiger partial charge < -0.3 is 10.6 Å². The van der Waals surface area contributed by atoms with Gasteiger partial charge in [-0.1, -0.05) is 30.3 Å². The number of hydrogen-bond donors (Lipinski definition) is 2. The highest BCUT2D eigenvalue weighted by atomic mass is 32.2. The maximum atomic E-state index is 12.9. The first-order chi connectivity index (χ1) is 15.8. The van der Waals surface area contributed by atoms with Crippen LogP contribution in [0.1, 0.15) is 11.3 Å². The van der Waals surface area contributed by atoms with Crippen LogP contribution in [0.15, 0.2) is 59.5 Å². The molecule has 0 unspecified atom stereocenters. The van der Waals surface area contributed by atoms with E-state index in [4.69, 9.17) is 0 Å². The molecule has 8 nitrogen and oxygen atoms in total. The molecule has 3 aromatic rings. The Labute approximate surface area is 194 Å². The number of carbonyl (C=O) groups is 1. The van der Waals surface area contributed by atoms with Crippen molar-refractivity contribution in [3.05, 3.63) is 65.9 Å². The van der Waals surface area contributed by atoms with Crippen LogP contribution < -0.4 is 10.6 Å². The zero-order valence-corrected chi connectivity index (χ0v) is 19.7. The molecule has 1 aliphatic heterocycles. The van der Waals surface area contributed by atoms with E-state index in [9.17, 15) is 13.2 Å². The number of amides is 2. The molecule has 4 rings (SSSR count).